The average Bonchev–Trinajstić information content (AvgIpc) is 2.61. The second-order valence-electron chi connectivity index (χ2n) is 7.52. The number of aryl methyl sites for hydroxylation is 2. The van der Waals surface area contributed by atoms with Crippen molar-refractivity contribution in [2.75, 3.05) is 18.4 Å². The second-order valence-corrected chi connectivity index (χ2v) is 7.52. The van der Waals surface area contributed by atoms with Crippen LogP contribution in [0.3, 0.4) is 0 Å². The minimum absolute atomic E-state index is 0.535. The molecule has 3 aliphatic rings. The number of benzene rings is 1. The van der Waals surface area contributed by atoms with Crippen LogP contribution < -0.4 is 5.32 Å². The molecular formula is C21H27N3. The van der Waals surface area contributed by atoms with Crippen LogP contribution in [0.2, 0.25) is 0 Å². The van der Waals surface area contributed by atoms with Crippen LogP contribution in [0.15, 0.2) is 36.5 Å². The molecule has 3 fully saturated rings. The Morgan fingerprint density at radius 1 is 1.00 bits per heavy atom. The van der Waals surface area contributed by atoms with E-state index in [1.807, 2.05) is 6.20 Å². The monoisotopic (exact) mass is 321 g/mol. The van der Waals surface area contributed by atoms with Crippen molar-refractivity contribution >= 4 is 5.82 Å². The van der Waals surface area contributed by atoms with E-state index in [0.717, 1.165) is 11.7 Å². The fourth-order valence-electron chi connectivity index (χ4n) is 4.29. The lowest BCUT2D eigenvalue weighted by molar-refractivity contribution is 0.0457. The molecule has 3 aliphatic heterocycles. The van der Waals surface area contributed by atoms with E-state index in [0.29, 0.717) is 12.1 Å². The number of anilines is 1. The van der Waals surface area contributed by atoms with Gasteiger partial charge in [-0.05, 0) is 81.4 Å². The van der Waals surface area contributed by atoms with Gasteiger partial charge in [0, 0.05) is 23.8 Å². The van der Waals surface area contributed by atoms with E-state index in [-0.39, 0.29) is 0 Å². The first-order chi connectivity index (χ1) is 11.6. The van der Waals surface area contributed by atoms with Gasteiger partial charge in [0.05, 0.1) is 0 Å². The zero-order valence-corrected chi connectivity index (χ0v) is 14.9. The molecule has 1 N–H and O–H groups in total. The summed E-state index contributed by atoms with van der Waals surface area (Å²) in [5.41, 5.74) is 5.09. The highest BCUT2D eigenvalue weighted by Crippen LogP contribution is 2.34. The Kier molecular flexibility index (Phi) is 4.05. The molecule has 24 heavy (non-hydrogen) atoms. The summed E-state index contributed by atoms with van der Waals surface area (Å²) in [5, 5.41) is 3.71. The molecule has 2 aromatic rings. The van der Waals surface area contributed by atoms with E-state index in [9.17, 15) is 0 Å². The Hall–Kier alpha value is -1.87. The first-order valence-corrected chi connectivity index (χ1v) is 9.16. The third kappa shape index (κ3) is 2.82. The zero-order chi connectivity index (χ0) is 16.7. The molecule has 0 spiro atoms. The van der Waals surface area contributed by atoms with Crippen molar-refractivity contribution in [3.05, 3.63) is 47.7 Å². The van der Waals surface area contributed by atoms with Crippen LogP contribution in [-0.2, 0) is 0 Å². The van der Waals surface area contributed by atoms with Crippen LogP contribution in [0.25, 0.3) is 11.1 Å². The minimum atomic E-state index is 0.535. The van der Waals surface area contributed by atoms with Gasteiger partial charge in [-0.1, -0.05) is 18.2 Å². The largest absolute Gasteiger partial charge is 0.365 e. The van der Waals surface area contributed by atoms with Crippen molar-refractivity contribution in [2.24, 2.45) is 5.92 Å². The highest BCUT2D eigenvalue weighted by molar-refractivity contribution is 5.65. The van der Waals surface area contributed by atoms with Gasteiger partial charge in [-0.3, -0.25) is 4.90 Å². The van der Waals surface area contributed by atoms with E-state index in [4.69, 9.17) is 0 Å². The normalized spacial score (nSPS) is 28.8. The minimum Gasteiger partial charge on any atom is -0.365 e. The molecule has 2 atom stereocenters. The van der Waals surface area contributed by atoms with Gasteiger partial charge in [-0.25, -0.2) is 4.98 Å². The van der Waals surface area contributed by atoms with Crippen LogP contribution in [-0.4, -0.2) is 35.1 Å². The Morgan fingerprint density at radius 3 is 2.38 bits per heavy atom. The highest BCUT2D eigenvalue weighted by atomic mass is 15.2. The van der Waals surface area contributed by atoms with Crippen LogP contribution in [0.4, 0.5) is 5.82 Å². The first-order valence-electron chi connectivity index (χ1n) is 9.16. The summed E-state index contributed by atoms with van der Waals surface area (Å²) >= 11 is 0. The second kappa shape index (κ2) is 6.21. The van der Waals surface area contributed by atoms with Gasteiger partial charge in [0.1, 0.15) is 5.82 Å². The van der Waals surface area contributed by atoms with Gasteiger partial charge < -0.3 is 5.32 Å². The number of fused-ring (bicyclic) bond motifs is 3. The number of nitrogens with zero attached hydrogens (tertiary/aromatic N) is 2. The predicted octanol–water partition coefficient (Wildman–Crippen LogP) is 4.26. The molecule has 4 heterocycles. The summed E-state index contributed by atoms with van der Waals surface area (Å²) in [7, 11) is 0. The van der Waals surface area contributed by atoms with Gasteiger partial charge in [0.25, 0.3) is 0 Å². The molecule has 126 valence electrons. The summed E-state index contributed by atoms with van der Waals surface area (Å²) in [5.74, 6) is 1.81. The highest BCUT2D eigenvalue weighted by Gasteiger charge is 2.39. The molecule has 5 rings (SSSR count). The number of rotatable bonds is 3. The van der Waals surface area contributed by atoms with Gasteiger partial charge in [-0.15, -0.1) is 0 Å². The summed E-state index contributed by atoms with van der Waals surface area (Å²) in [6, 6.07) is 12.1. The Balaban J connectivity index is 1.50. The van der Waals surface area contributed by atoms with Crippen LogP contribution in [0.1, 0.15) is 30.9 Å². The molecule has 3 heteroatoms. The van der Waals surface area contributed by atoms with E-state index in [1.54, 1.807) is 0 Å². The maximum absolute atomic E-state index is 4.69. The molecular weight excluding hydrogens is 294 g/mol. The molecule has 0 aliphatic carbocycles. The maximum atomic E-state index is 4.69. The molecule has 1 aromatic heterocycles. The third-order valence-electron chi connectivity index (χ3n) is 6.10. The van der Waals surface area contributed by atoms with Gasteiger partial charge in [0.2, 0.25) is 0 Å². The van der Waals surface area contributed by atoms with E-state index in [2.05, 4.69) is 66.3 Å². The average molecular weight is 321 g/mol. The lowest BCUT2D eigenvalue weighted by atomic mass is 9.79. The molecule has 3 nitrogen and oxygen atoms in total. The van der Waals surface area contributed by atoms with E-state index < -0.39 is 0 Å². The summed E-state index contributed by atoms with van der Waals surface area (Å²) < 4.78 is 0. The van der Waals surface area contributed by atoms with Crippen molar-refractivity contribution in [3.63, 3.8) is 0 Å². The lowest BCUT2D eigenvalue weighted by Gasteiger charge is -2.50. The van der Waals surface area contributed by atoms with Crippen LogP contribution in [0, 0.1) is 19.8 Å². The maximum Gasteiger partial charge on any atom is 0.126 e. The zero-order valence-electron chi connectivity index (χ0n) is 14.9. The summed E-state index contributed by atoms with van der Waals surface area (Å²) in [6.07, 6.45) is 4.64. The number of aromatic nitrogens is 1. The van der Waals surface area contributed by atoms with Crippen molar-refractivity contribution in [2.45, 2.75) is 45.7 Å². The van der Waals surface area contributed by atoms with Gasteiger partial charge in [-0.2, -0.15) is 0 Å². The molecule has 1 aromatic carbocycles. The Labute approximate surface area is 145 Å². The van der Waals surface area contributed by atoms with Crippen molar-refractivity contribution in [1.29, 1.82) is 0 Å². The lowest BCUT2D eigenvalue weighted by Crippen LogP contribution is -2.59. The molecule has 2 bridgehead atoms. The van der Waals surface area contributed by atoms with Crippen molar-refractivity contribution in [3.8, 4) is 11.1 Å². The first kappa shape index (κ1) is 15.6. The van der Waals surface area contributed by atoms with Crippen LogP contribution in [0.5, 0.6) is 0 Å². The fraction of sp³-hybridized carbons (Fsp3) is 0.476. The molecule has 0 saturated carbocycles. The van der Waals surface area contributed by atoms with Crippen LogP contribution >= 0.6 is 0 Å². The smallest absolute Gasteiger partial charge is 0.126 e. The van der Waals surface area contributed by atoms with E-state index in [1.165, 1.54) is 48.2 Å². The summed E-state index contributed by atoms with van der Waals surface area (Å²) in [6.45, 7) is 9.20. The SMILES string of the molecule is Cc1ccc(-c2ccc(N[C@@H]3C4CCN(CC4)[C@@H]3C)nc2)cc1C. The number of hydrogen-bond acceptors (Lipinski definition) is 3. The van der Waals surface area contributed by atoms with Crippen molar-refractivity contribution in [1.82, 2.24) is 9.88 Å². The standard InChI is InChI=1S/C21H27N3/c1-14-4-5-18(12-15(14)2)19-6-7-20(22-13-19)23-21-16(3)24-10-8-17(21)9-11-24/h4-7,12-13,16-17,21H,8-11H2,1-3H3,(H,22,23)/t16-,21+/m1/s1. The number of hydrogen-bond donors (Lipinski definition) is 1. The quantitative estimate of drug-likeness (QED) is 0.915. The molecule has 0 amide bonds. The van der Waals surface area contributed by atoms with E-state index >= 15 is 0 Å². The number of nitrogens with one attached hydrogen (secondary N) is 1. The fourth-order valence-corrected chi connectivity index (χ4v) is 4.29. The molecule has 3 saturated heterocycles. The third-order valence-corrected chi connectivity index (χ3v) is 6.10. The van der Waals surface area contributed by atoms with Gasteiger partial charge in [0.15, 0.2) is 0 Å². The number of pyridine rings is 1. The summed E-state index contributed by atoms with van der Waals surface area (Å²) in [4.78, 5) is 7.30. The number of piperidine rings is 3. The Bertz CT molecular complexity index is 712. The topological polar surface area (TPSA) is 28.2 Å². The predicted molar refractivity (Wildman–Crippen MR) is 100 cm³/mol. The van der Waals surface area contributed by atoms with Crippen molar-refractivity contribution < 1.29 is 0 Å². The molecule has 0 unspecified atom stereocenters. The Morgan fingerprint density at radius 2 is 1.75 bits per heavy atom. The molecule has 0 radical (unpaired) electrons. The van der Waals surface area contributed by atoms with Gasteiger partial charge >= 0.3 is 0 Å².